The van der Waals surface area contributed by atoms with Crippen LogP contribution in [0, 0.1) is 0 Å². The number of alkyl halides is 1. The van der Waals surface area contributed by atoms with Gasteiger partial charge >= 0.3 is 5.97 Å². The van der Waals surface area contributed by atoms with Gasteiger partial charge in [-0.2, -0.15) is 0 Å². The Balaban J connectivity index is 2.27. The zero-order chi connectivity index (χ0) is 13.4. The highest BCUT2D eigenvalue weighted by Crippen LogP contribution is 2.12. The average molecular weight is 254 g/mol. The van der Waals surface area contributed by atoms with Crippen molar-refractivity contribution in [3.63, 3.8) is 0 Å². The number of halogens is 1. The second kappa shape index (κ2) is 7.69. The Bertz CT molecular complexity index is 362. The third-order valence-electron chi connectivity index (χ3n) is 2.64. The van der Waals surface area contributed by atoms with Gasteiger partial charge in [-0.15, -0.1) is 0 Å². The number of phenols is 1. The molecular weight excluding hydrogens is 235 g/mol. The minimum Gasteiger partial charge on any atom is -0.508 e. The van der Waals surface area contributed by atoms with Crippen LogP contribution in [0.3, 0.4) is 0 Å². The maximum atomic E-state index is 13.3. The van der Waals surface area contributed by atoms with Gasteiger partial charge in [0.15, 0.2) is 0 Å². The molecule has 0 aliphatic heterocycles. The zero-order valence-corrected chi connectivity index (χ0v) is 10.6. The molecule has 1 aromatic carbocycles. The molecule has 1 atom stereocenters. The van der Waals surface area contributed by atoms with Crippen LogP contribution in [-0.4, -0.2) is 23.9 Å². The van der Waals surface area contributed by atoms with Crippen LogP contribution in [0.2, 0.25) is 0 Å². The van der Waals surface area contributed by atoms with E-state index in [1.807, 2.05) is 6.92 Å². The number of hydrogen-bond acceptors (Lipinski definition) is 3. The Hall–Kier alpha value is -1.58. The largest absolute Gasteiger partial charge is 0.508 e. The predicted molar refractivity (Wildman–Crippen MR) is 67.4 cm³/mol. The molecule has 0 unspecified atom stereocenters. The van der Waals surface area contributed by atoms with E-state index in [1.165, 1.54) is 24.3 Å². The fraction of sp³-hybridized carbons (Fsp3) is 0.500. The van der Waals surface area contributed by atoms with Gasteiger partial charge in [0.05, 0.1) is 12.2 Å². The minimum atomic E-state index is -0.905. The summed E-state index contributed by atoms with van der Waals surface area (Å²) in [7, 11) is 0. The van der Waals surface area contributed by atoms with Crippen LogP contribution in [0.15, 0.2) is 24.3 Å². The highest BCUT2D eigenvalue weighted by atomic mass is 19.1. The van der Waals surface area contributed by atoms with Gasteiger partial charge in [0.2, 0.25) is 0 Å². The smallest absolute Gasteiger partial charge is 0.338 e. The molecule has 100 valence electrons. The first-order chi connectivity index (χ1) is 8.63. The monoisotopic (exact) mass is 254 g/mol. The van der Waals surface area contributed by atoms with E-state index in [1.54, 1.807) is 0 Å². The van der Waals surface area contributed by atoms with Crippen LogP contribution in [-0.2, 0) is 4.74 Å². The summed E-state index contributed by atoms with van der Waals surface area (Å²) in [5.41, 5.74) is 0.358. The molecule has 0 aliphatic carbocycles. The molecule has 0 spiro atoms. The second-order valence-corrected chi connectivity index (χ2v) is 4.21. The number of rotatable bonds is 7. The Morgan fingerprint density at radius 3 is 2.61 bits per heavy atom. The molecule has 18 heavy (non-hydrogen) atoms. The van der Waals surface area contributed by atoms with Crippen molar-refractivity contribution in [2.24, 2.45) is 0 Å². The van der Waals surface area contributed by atoms with Gasteiger partial charge in [-0.25, -0.2) is 9.18 Å². The molecule has 0 bridgehead atoms. The summed E-state index contributed by atoms with van der Waals surface area (Å²) in [5.74, 6) is -0.396. The number of esters is 1. The molecule has 1 N–H and O–H groups in total. The molecule has 1 rings (SSSR count). The lowest BCUT2D eigenvalue weighted by Gasteiger charge is -2.08. The summed E-state index contributed by atoms with van der Waals surface area (Å²) in [4.78, 5) is 11.5. The van der Waals surface area contributed by atoms with Crippen molar-refractivity contribution in [2.75, 3.05) is 6.61 Å². The summed E-state index contributed by atoms with van der Waals surface area (Å²) in [5, 5.41) is 9.07. The molecule has 0 saturated carbocycles. The van der Waals surface area contributed by atoms with Gasteiger partial charge in [-0.1, -0.05) is 19.8 Å². The SMILES string of the molecule is CCCC[C@@H](F)CCOC(=O)c1ccc(O)cc1. The predicted octanol–water partition coefficient (Wildman–Crippen LogP) is 3.47. The van der Waals surface area contributed by atoms with E-state index in [4.69, 9.17) is 9.84 Å². The zero-order valence-electron chi connectivity index (χ0n) is 10.6. The van der Waals surface area contributed by atoms with Crippen molar-refractivity contribution in [3.8, 4) is 5.75 Å². The molecule has 3 nitrogen and oxygen atoms in total. The quantitative estimate of drug-likeness (QED) is 0.758. The van der Waals surface area contributed by atoms with E-state index >= 15 is 0 Å². The maximum absolute atomic E-state index is 13.3. The summed E-state index contributed by atoms with van der Waals surface area (Å²) in [6, 6.07) is 5.77. The number of carbonyl (C=O) groups excluding carboxylic acids is 1. The summed E-state index contributed by atoms with van der Waals surface area (Å²) in [6.45, 7) is 2.10. The van der Waals surface area contributed by atoms with Crippen LogP contribution in [0.4, 0.5) is 4.39 Å². The summed E-state index contributed by atoms with van der Waals surface area (Å²) in [6.07, 6.45) is 1.68. The van der Waals surface area contributed by atoms with Crippen LogP contribution in [0.1, 0.15) is 43.0 Å². The van der Waals surface area contributed by atoms with E-state index in [9.17, 15) is 9.18 Å². The van der Waals surface area contributed by atoms with E-state index in [2.05, 4.69) is 0 Å². The summed E-state index contributed by atoms with van der Waals surface area (Å²) >= 11 is 0. The standard InChI is InChI=1S/C14H19FO3/c1-2-3-4-12(15)9-10-18-14(17)11-5-7-13(16)8-6-11/h5-8,12,16H,2-4,9-10H2,1H3/t12-/m1/s1. The lowest BCUT2D eigenvalue weighted by Crippen LogP contribution is -2.10. The molecule has 0 radical (unpaired) electrons. The van der Waals surface area contributed by atoms with Crippen molar-refractivity contribution in [3.05, 3.63) is 29.8 Å². The van der Waals surface area contributed by atoms with Gasteiger partial charge in [0.1, 0.15) is 11.9 Å². The molecule has 1 aromatic rings. The van der Waals surface area contributed by atoms with E-state index in [-0.39, 0.29) is 18.8 Å². The molecule has 0 heterocycles. The van der Waals surface area contributed by atoms with Gasteiger partial charge in [-0.05, 0) is 30.7 Å². The number of ether oxygens (including phenoxy) is 1. The minimum absolute atomic E-state index is 0.0879. The molecule has 0 saturated heterocycles. The van der Waals surface area contributed by atoms with Gasteiger partial charge in [0.25, 0.3) is 0 Å². The molecule has 0 aliphatic rings. The number of hydrogen-bond donors (Lipinski definition) is 1. The fourth-order valence-electron chi connectivity index (χ4n) is 1.53. The Morgan fingerprint density at radius 1 is 1.33 bits per heavy atom. The first-order valence-electron chi connectivity index (χ1n) is 6.23. The average Bonchev–Trinajstić information content (AvgIpc) is 2.37. The van der Waals surface area contributed by atoms with Crippen molar-refractivity contribution >= 4 is 5.97 Å². The molecule has 0 amide bonds. The van der Waals surface area contributed by atoms with Crippen LogP contribution in [0.5, 0.6) is 5.75 Å². The number of unbranched alkanes of at least 4 members (excludes halogenated alkanes) is 1. The van der Waals surface area contributed by atoms with Crippen LogP contribution >= 0.6 is 0 Å². The van der Waals surface area contributed by atoms with Crippen LogP contribution < -0.4 is 0 Å². The third-order valence-corrected chi connectivity index (χ3v) is 2.64. The maximum Gasteiger partial charge on any atom is 0.338 e. The fourth-order valence-corrected chi connectivity index (χ4v) is 1.53. The number of carbonyl (C=O) groups is 1. The first-order valence-corrected chi connectivity index (χ1v) is 6.23. The number of phenolic OH excluding ortho intramolecular Hbond substituents is 1. The summed E-state index contributed by atoms with van der Waals surface area (Å²) < 4.78 is 18.2. The van der Waals surface area contributed by atoms with Crippen molar-refractivity contribution < 1.29 is 19.0 Å². The Labute approximate surface area is 107 Å². The molecule has 0 aromatic heterocycles. The van der Waals surface area contributed by atoms with E-state index in [0.29, 0.717) is 12.0 Å². The third kappa shape index (κ3) is 5.17. The lowest BCUT2D eigenvalue weighted by atomic mass is 10.1. The number of benzene rings is 1. The number of aromatic hydroxyl groups is 1. The van der Waals surface area contributed by atoms with Gasteiger partial charge in [0, 0.05) is 6.42 Å². The Morgan fingerprint density at radius 2 is 2.00 bits per heavy atom. The highest BCUT2D eigenvalue weighted by Gasteiger charge is 2.10. The van der Waals surface area contributed by atoms with E-state index < -0.39 is 12.1 Å². The molecule has 4 heteroatoms. The van der Waals surface area contributed by atoms with Crippen molar-refractivity contribution in [2.45, 2.75) is 38.8 Å². The lowest BCUT2D eigenvalue weighted by molar-refractivity contribution is 0.0470. The van der Waals surface area contributed by atoms with Crippen molar-refractivity contribution in [1.82, 2.24) is 0 Å². The molecular formula is C14H19FO3. The van der Waals surface area contributed by atoms with Crippen LogP contribution in [0.25, 0.3) is 0 Å². The van der Waals surface area contributed by atoms with E-state index in [0.717, 1.165) is 12.8 Å². The van der Waals surface area contributed by atoms with Gasteiger partial charge in [-0.3, -0.25) is 0 Å². The first kappa shape index (κ1) is 14.5. The molecule has 0 fully saturated rings. The van der Waals surface area contributed by atoms with Crippen molar-refractivity contribution in [1.29, 1.82) is 0 Å². The topological polar surface area (TPSA) is 46.5 Å². The normalized spacial score (nSPS) is 12.1. The van der Waals surface area contributed by atoms with Gasteiger partial charge < -0.3 is 9.84 Å². The highest BCUT2D eigenvalue weighted by molar-refractivity contribution is 5.89. The Kier molecular flexibility index (Phi) is 6.19. The second-order valence-electron chi connectivity index (χ2n) is 4.21.